The van der Waals surface area contributed by atoms with E-state index in [-0.39, 0.29) is 17.6 Å². The lowest BCUT2D eigenvalue weighted by atomic mass is 10.0. The van der Waals surface area contributed by atoms with E-state index in [0.717, 1.165) is 5.69 Å². The molecule has 1 aromatic carbocycles. The molecule has 0 aliphatic carbocycles. The Hall–Kier alpha value is -3.00. The summed E-state index contributed by atoms with van der Waals surface area (Å²) < 4.78 is 7.06. The van der Waals surface area contributed by atoms with Gasteiger partial charge < -0.3 is 14.4 Å². The van der Waals surface area contributed by atoms with Crippen molar-refractivity contribution in [1.82, 2.24) is 24.9 Å². The third-order valence-electron chi connectivity index (χ3n) is 4.36. The van der Waals surface area contributed by atoms with Crippen LogP contribution < -0.4 is 0 Å². The maximum atomic E-state index is 12.3. The molecular weight excluding hydrogens is 322 g/mol. The number of hydrogen-bond donors (Lipinski definition) is 1. The molecule has 2 aromatic heterocycles. The summed E-state index contributed by atoms with van der Waals surface area (Å²) in [7, 11) is 0. The zero-order chi connectivity index (χ0) is 17.4. The van der Waals surface area contributed by atoms with Crippen LogP contribution in [0.5, 0.6) is 0 Å². The predicted molar refractivity (Wildman–Crippen MR) is 87.2 cm³/mol. The number of benzene rings is 1. The third-order valence-corrected chi connectivity index (χ3v) is 4.36. The van der Waals surface area contributed by atoms with Crippen molar-refractivity contribution in [3.63, 3.8) is 0 Å². The van der Waals surface area contributed by atoms with Crippen molar-refractivity contribution in [1.29, 1.82) is 0 Å². The minimum absolute atomic E-state index is 0.196. The van der Waals surface area contributed by atoms with E-state index >= 15 is 0 Å². The van der Waals surface area contributed by atoms with Crippen LogP contribution in [0, 0.1) is 0 Å². The van der Waals surface area contributed by atoms with Gasteiger partial charge in [0.2, 0.25) is 5.89 Å². The van der Waals surface area contributed by atoms with Gasteiger partial charge in [0.15, 0.2) is 5.69 Å². The van der Waals surface area contributed by atoms with Gasteiger partial charge in [-0.25, -0.2) is 9.67 Å². The van der Waals surface area contributed by atoms with E-state index in [0.29, 0.717) is 24.6 Å². The van der Waals surface area contributed by atoms with Gasteiger partial charge in [-0.3, -0.25) is 4.79 Å². The third kappa shape index (κ3) is 2.91. The van der Waals surface area contributed by atoms with Crippen molar-refractivity contribution in [3.8, 4) is 5.69 Å². The first-order valence-corrected chi connectivity index (χ1v) is 8.02. The first-order valence-electron chi connectivity index (χ1n) is 8.02. The summed E-state index contributed by atoms with van der Waals surface area (Å²) in [6.07, 6.45) is 3.02. The number of amides is 1. The first-order chi connectivity index (χ1) is 12.1. The van der Waals surface area contributed by atoms with Gasteiger partial charge in [0.1, 0.15) is 6.26 Å². The number of aromatic nitrogens is 4. The highest BCUT2D eigenvalue weighted by molar-refractivity contribution is 5.92. The minimum Gasteiger partial charge on any atom is -0.448 e. The Kier molecular flexibility index (Phi) is 3.81. The number of rotatable bonds is 4. The smallest absolute Gasteiger partial charge is 0.276 e. The lowest BCUT2D eigenvalue weighted by molar-refractivity contribution is -0.0360. The Balaban J connectivity index is 1.45. The number of carbonyl (C=O) groups excluding carboxylic acids is 1. The van der Waals surface area contributed by atoms with E-state index < -0.39 is 6.10 Å². The van der Waals surface area contributed by atoms with Crippen molar-refractivity contribution in [2.75, 3.05) is 6.54 Å². The fourth-order valence-electron chi connectivity index (χ4n) is 2.74. The van der Waals surface area contributed by atoms with Gasteiger partial charge in [-0.05, 0) is 19.1 Å². The van der Waals surface area contributed by atoms with E-state index in [1.165, 1.54) is 6.26 Å². The average molecular weight is 339 g/mol. The predicted octanol–water partition coefficient (Wildman–Crippen LogP) is 1.05. The number of aliphatic hydroxyl groups excluding tert-OH is 1. The molecule has 1 fully saturated rings. The highest BCUT2D eigenvalue weighted by Crippen LogP contribution is 2.20. The second kappa shape index (κ2) is 6.14. The molecule has 0 unspecified atom stereocenters. The van der Waals surface area contributed by atoms with Crippen molar-refractivity contribution >= 4 is 5.91 Å². The fraction of sp³-hybridized carbons (Fsp3) is 0.294. The van der Waals surface area contributed by atoms with Crippen molar-refractivity contribution in [2.24, 2.45) is 0 Å². The second-order valence-corrected chi connectivity index (χ2v) is 6.06. The Morgan fingerprint density at radius 1 is 1.36 bits per heavy atom. The number of hydrogen-bond acceptors (Lipinski definition) is 6. The van der Waals surface area contributed by atoms with Gasteiger partial charge in [-0.15, -0.1) is 5.10 Å². The van der Waals surface area contributed by atoms with E-state index in [1.807, 2.05) is 30.3 Å². The van der Waals surface area contributed by atoms with Crippen LogP contribution in [0.1, 0.15) is 29.0 Å². The number of likely N-dealkylation sites (tertiary alicyclic amines) is 1. The molecule has 1 N–H and O–H groups in total. The molecule has 8 heteroatoms. The fourth-order valence-corrected chi connectivity index (χ4v) is 2.74. The number of oxazole rings is 1. The molecule has 3 heterocycles. The highest BCUT2D eigenvalue weighted by atomic mass is 16.3. The summed E-state index contributed by atoms with van der Waals surface area (Å²) in [5.41, 5.74) is 1.84. The molecule has 1 aliphatic heterocycles. The zero-order valence-corrected chi connectivity index (χ0v) is 13.6. The Labute approximate surface area is 143 Å². The summed E-state index contributed by atoms with van der Waals surface area (Å²) in [4.78, 5) is 18.1. The number of β-amino-alcohol motifs (C(OH)–C–C–N with tert-alkyl or cyclic N) is 1. The average Bonchev–Trinajstić information content (AvgIpc) is 3.29. The monoisotopic (exact) mass is 339 g/mol. The van der Waals surface area contributed by atoms with Crippen molar-refractivity contribution < 1.29 is 14.3 Å². The lowest BCUT2D eigenvalue weighted by Crippen LogP contribution is -2.60. The standard InChI is InChI=1S/C17H17N5O3/c1-11-15(23)9-21(11)17(24)14-10-25-16(18-14)7-12-8-22(20-19-12)13-5-3-2-4-6-13/h2-6,8,10-11,15,23H,7,9H2,1H3/t11-,15-/m0/s1. The Morgan fingerprint density at radius 2 is 2.16 bits per heavy atom. The summed E-state index contributed by atoms with van der Waals surface area (Å²) in [6.45, 7) is 2.13. The number of aliphatic hydroxyl groups is 1. The second-order valence-electron chi connectivity index (χ2n) is 6.06. The maximum Gasteiger partial charge on any atom is 0.276 e. The van der Waals surface area contributed by atoms with Crippen LogP contribution >= 0.6 is 0 Å². The molecule has 8 nitrogen and oxygen atoms in total. The van der Waals surface area contributed by atoms with Crippen LogP contribution in [0.4, 0.5) is 0 Å². The van der Waals surface area contributed by atoms with Crippen LogP contribution in [0.3, 0.4) is 0 Å². The molecule has 3 aromatic rings. The van der Waals surface area contributed by atoms with E-state index in [2.05, 4.69) is 15.3 Å². The molecule has 0 radical (unpaired) electrons. The molecule has 2 atom stereocenters. The molecule has 128 valence electrons. The molecule has 4 rings (SSSR count). The van der Waals surface area contributed by atoms with E-state index in [4.69, 9.17) is 4.42 Å². The van der Waals surface area contributed by atoms with Gasteiger partial charge >= 0.3 is 0 Å². The van der Waals surface area contributed by atoms with Gasteiger partial charge in [-0.2, -0.15) is 0 Å². The van der Waals surface area contributed by atoms with Gasteiger partial charge in [0, 0.05) is 6.54 Å². The molecule has 1 saturated heterocycles. The maximum absolute atomic E-state index is 12.3. The normalized spacial score (nSPS) is 19.7. The van der Waals surface area contributed by atoms with Gasteiger partial charge in [0.05, 0.1) is 36.1 Å². The summed E-state index contributed by atoms with van der Waals surface area (Å²) >= 11 is 0. The summed E-state index contributed by atoms with van der Waals surface area (Å²) in [5.74, 6) is 0.165. The van der Waals surface area contributed by atoms with E-state index in [9.17, 15) is 9.90 Å². The molecule has 25 heavy (non-hydrogen) atoms. The molecular formula is C17H17N5O3. The number of carbonyl (C=O) groups is 1. The minimum atomic E-state index is -0.469. The van der Waals surface area contributed by atoms with Crippen molar-refractivity contribution in [2.45, 2.75) is 25.5 Å². The largest absolute Gasteiger partial charge is 0.448 e. The topological polar surface area (TPSA) is 97.3 Å². The zero-order valence-electron chi connectivity index (χ0n) is 13.6. The lowest BCUT2D eigenvalue weighted by Gasteiger charge is -2.42. The van der Waals surface area contributed by atoms with Crippen LogP contribution in [-0.4, -0.2) is 54.6 Å². The van der Waals surface area contributed by atoms with Gasteiger partial charge in [0.25, 0.3) is 5.91 Å². The number of para-hydroxylation sites is 1. The van der Waals surface area contributed by atoms with Crippen LogP contribution in [0.2, 0.25) is 0 Å². The molecule has 1 amide bonds. The summed E-state index contributed by atoms with van der Waals surface area (Å²) in [5, 5.41) is 17.7. The Bertz CT molecular complexity index is 889. The van der Waals surface area contributed by atoms with Crippen LogP contribution in [0.15, 0.2) is 47.2 Å². The number of nitrogens with zero attached hydrogens (tertiary/aromatic N) is 5. The molecule has 0 bridgehead atoms. The highest BCUT2D eigenvalue weighted by Gasteiger charge is 2.38. The quantitative estimate of drug-likeness (QED) is 0.763. The van der Waals surface area contributed by atoms with Crippen molar-refractivity contribution in [3.05, 3.63) is 60.1 Å². The van der Waals surface area contributed by atoms with Crippen LogP contribution in [-0.2, 0) is 6.42 Å². The summed E-state index contributed by atoms with van der Waals surface area (Å²) in [6, 6.07) is 9.46. The van der Waals surface area contributed by atoms with Gasteiger partial charge in [-0.1, -0.05) is 23.4 Å². The molecule has 0 saturated carbocycles. The van der Waals surface area contributed by atoms with E-state index in [1.54, 1.807) is 22.7 Å². The first kappa shape index (κ1) is 15.5. The van der Waals surface area contributed by atoms with Crippen LogP contribution in [0.25, 0.3) is 5.69 Å². The SMILES string of the molecule is C[C@H]1[C@@H](O)CN1C(=O)c1coc(Cc2cn(-c3ccccc3)nn2)n1. The molecule has 1 aliphatic rings. The molecule has 0 spiro atoms. The Morgan fingerprint density at radius 3 is 2.88 bits per heavy atom.